The number of halogens is 2. The van der Waals surface area contributed by atoms with Gasteiger partial charge in [-0.15, -0.1) is 0 Å². The molecule has 0 saturated heterocycles. The fourth-order valence-electron chi connectivity index (χ4n) is 3.40. The van der Waals surface area contributed by atoms with Crippen LogP contribution in [0.2, 0.25) is 0 Å². The number of fused-ring (bicyclic) bond motifs is 1. The van der Waals surface area contributed by atoms with Crippen LogP contribution in [0.25, 0.3) is 22.1 Å². The maximum Gasteiger partial charge on any atom is 0.344 e. The van der Waals surface area contributed by atoms with Crippen LogP contribution >= 0.6 is 0 Å². The van der Waals surface area contributed by atoms with E-state index in [0.29, 0.717) is 11.5 Å². The van der Waals surface area contributed by atoms with Crippen LogP contribution in [0.3, 0.4) is 0 Å². The van der Waals surface area contributed by atoms with Crippen LogP contribution in [-0.4, -0.2) is 24.2 Å². The number of hydrogen-bond acceptors (Lipinski definition) is 5. The molecule has 4 rings (SSSR count). The lowest BCUT2D eigenvalue weighted by atomic mass is 10.1. The minimum atomic E-state index is -0.803. The van der Waals surface area contributed by atoms with Gasteiger partial charge in [0, 0.05) is 17.5 Å². The number of hydrogen-bond donors (Lipinski definition) is 2. The number of rotatable bonds is 7. The van der Waals surface area contributed by atoms with Crippen molar-refractivity contribution in [2.45, 2.75) is 6.04 Å². The Morgan fingerprint density at radius 3 is 2.42 bits per heavy atom. The van der Waals surface area contributed by atoms with Gasteiger partial charge in [-0.1, -0.05) is 30.3 Å². The van der Waals surface area contributed by atoms with Gasteiger partial charge >= 0.3 is 5.63 Å². The molecule has 0 spiro atoms. The summed E-state index contributed by atoms with van der Waals surface area (Å²) in [5, 5.41) is 12.7. The van der Waals surface area contributed by atoms with Crippen molar-refractivity contribution in [3.63, 3.8) is 0 Å². The van der Waals surface area contributed by atoms with Gasteiger partial charge in [0.25, 0.3) is 5.91 Å². The summed E-state index contributed by atoms with van der Waals surface area (Å²) in [6.45, 7) is -0.589. The predicted octanol–water partition coefficient (Wildman–Crippen LogP) is 3.97. The number of carbonyl (C=O) groups is 1. The molecule has 3 aromatic carbocycles. The van der Waals surface area contributed by atoms with Crippen molar-refractivity contribution in [1.29, 1.82) is 0 Å². The normalized spacial score (nSPS) is 11.8. The molecule has 1 atom stereocenters. The SMILES string of the molecule is O=C(COc1ccc2cc(-c3cc(F)cc(F)c3)c(=O)oc2c1)N[C@H](CO)c1ccccc1. The first-order valence-corrected chi connectivity index (χ1v) is 10.1. The Hall–Kier alpha value is -4.04. The summed E-state index contributed by atoms with van der Waals surface area (Å²) < 4.78 is 37.8. The van der Waals surface area contributed by atoms with Crippen molar-refractivity contribution >= 4 is 16.9 Å². The summed E-state index contributed by atoms with van der Waals surface area (Å²) in [7, 11) is 0. The van der Waals surface area contributed by atoms with Crippen molar-refractivity contribution < 1.29 is 27.8 Å². The molecule has 8 heteroatoms. The number of aliphatic hydroxyl groups is 1. The lowest BCUT2D eigenvalue weighted by Gasteiger charge is -2.17. The molecule has 168 valence electrons. The first-order chi connectivity index (χ1) is 15.9. The van der Waals surface area contributed by atoms with E-state index < -0.39 is 29.2 Å². The Morgan fingerprint density at radius 1 is 1.00 bits per heavy atom. The highest BCUT2D eigenvalue weighted by Gasteiger charge is 2.15. The Morgan fingerprint density at radius 2 is 1.73 bits per heavy atom. The van der Waals surface area contributed by atoms with Gasteiger partial charge in [-0.2, -0.15) is 0 Å². The Labute approximate surface area is 187 Å². The third kappa shape index (κ3) is 5.24. The summed E-state index contributed by atoms with van der Waals surface area (Å²) in [6.07, 6.45) is 0. The zero-order valence-electron chi connectivity index (χ0n) is 17.3. The van der Waals surface area contributed by atoms with Gasteiger partial charge in [-0.3, -0.25) is 4.79 Å². The van der Waals surface area contributed by atoms with Crippen LogP contribution in [0.15, 0.2) is 82.0 Å². The van der Waals surface area contributed by atoms with Crippen LogP contribution in [0.5, 0.6) is 5.75 Å². The highest BCUT2D eigenvalue weighted by Crippen LogP contribution is 2.25. The molecule has 6 nitrogen and oxygen atoms in total. The van der Waals surface area contributed by atoms with Crippen LogP contribution < -0.4 is 15.7 Å². The first kappa shape index (κ1) is 22.2. The van der Waals surface area contributed by atoms with Crippen molar-refractivity contribution in [1.82, 2.24) is 5.32 Å². The molecule has 1 amide bonds. The van der Waals surface area contributed by atoms with Gasteiger partial charge in [0.15, 0.2) is 6.61 Å². The summed E-state index contributed by atoms with van der Waals surface area (Å²) in [5.41, 5.74) is 0.267. The Bertz CT molecular complexity index is 1330. The molecule has 0 saturated carbocycles. The third-order valence-corrected chi connectivity index (χ3v) is 4.97. The monoisotopic (exact) mass is 451 g/mol. The molecule has 0 aliphatic carbocycles. The van der Waals surface area contributed by atoms with Crippen molar-refractivity contribution in [2.24, 2.45) is 0 Å². The number of amides is 1. The molecule has 0 aliphatic rings. The second-order valence-electron chi connectivity index (χ2n) is 7.31. The zero-order chi connectivity index (χ0) is 23.4. The van der Waals surface area contributed by atoms with Gasteiger partial charge in [0.1, 0.15) is 23.0 Å². The Balaban J connectivity index is 1.48. The number of ether oxygens (including phenoxy) is 1. The molecule has 33 heavy (non-hydrogen) atoms. The number of benzene rings is 3. The second kappa shape index (κ2) is 9.62. The summed E-state index contributed by atoms with van der Waals surface area (Å²) in [5.74, 6) is -1.77. The topological polar surface area (TPSA) is 88.8 Å². The highest BCUT2D eigenvalue weighted by molar-refractivity contribution is 5.83. The molecular formula is C25H19F2NO5. The van der Waals surface area contributed by atoms with E-state index in [-0.39, 0.29) is 35.7 Å². The first-order valence-electron chi connectivity index (χ1n) is 10.1. The lowest BCUT2D eigenvalue weighted by Crippen LogP contribution is -2.34. The maximum atomic E-state index is 13.5. The van der Waals surface area contributed by atoms with Gasteiger partial charge in [-0.05, 0) is 41.5 Å². The number of carbonyl (C=O) groups excluding carboxylic acids is 1. The molecule has 1 heterocycles. The van der Waals surface area contributed by atoms with Crippen molar-refractivity contribution in [3.05, 3.63) is 100 Å². The third-order valence-electron chi connectivity index (χ3n) is 4.97. The number of nitrogens with one attached hydrogen (secondary N) is 1. The average Bonchev–Trinajstić information content (AvgIpc) is 2.80. The Kier molecular flexibility index (Phi) is 6.46. The van der Waals surface area contributed by atoms with E-state index in [4.69, 9.17) is 9.15 Å². The van der Waals surface area contributed by atoms with Crippen molar-refractivity contribution in [2.75, 3.05) is 13.2 Å². The van der Waals surface area contributed by atoms with Crippen LogP contribution in [0.1, 0.15) is 11.6 Å². The van der Waals surface area contributed by atoms with E-state index in [2.05, 4.69) is 5.32 Å². The van der Waals surface area contributed by atoms with E-state index in [9.17, 15) is 23.5 Å². The summed E-state index contributed by atoms with van der Waals surface area (Å²) >= 11 is 0. The van der Waals surface area contributed by atoms with Gasteiger partial charge in [0.05, 0.1) is 18.2 Å². The molecule has 1 aromatic heterocycles. The van der Waals surface area contributed by atoms with E-state index in [1.807, 2.05) is 6.07 Å². The fourth-order valence-corrected chi connectivity index (χ4v) is 3.40. The minimum Gasteiger partial charge on any atom is -0.484 e. The average molecular weight is 451 g/mol. The molecule has 0 unspecified atom stereocenters. The van der Waals surface area contributed by atoms with Gasteiger partial charge < -0.3 is 19.6 Å². The van der Waals surface area contributed by atoms with Crippen LogP contribution in [-0.2, 0) is 4.79 Å². The summed E-state index contributed by atoms with van der Waals surface area (Å²) in [4.78, 5) is 24.6. The maximum absolute atomic E-state index is 13.5. The fraction of sp³-hybridized carbons (Fsp3) is 0.120. The minimum absolute atomic E-state index is 0.0184. The molecule has 0 aliphatic heterocycles. The van der Waals surface area contributed by atoms with Crippen LogP contribution in [0, 0.1) is 11.6 Å². The quantitative estimate of drug-likeness (QED) is 0.415. The standard InChI is InChI=1S/C25H19F2NO5/c26-18-8-17(9-19(27)11-18)21-10-16-6-7-20(12-23(16)33-25(21)31)32-14-24(30)28-22(13-29)15-4-2-1-3-5-15/h1-12,22,29H,13-14H2,(H,28,30)/t22-/m1/s1. The molecule has 2 N–H and O–H groups in total. The lowest BCUT2D eigenvalue weighted by molar-refractivity contribution is -0.124. The largest absolute Gasteiger partial charge is 0.484 e. The zero-order valence-corrected chi connectivity index (χ0v) is 17.3. The smallest absolute Gasteiger partial charge is 0.344 e. The van der Waals surface area contributed by atoms with E-state index >= 15 is 0 Å². The molecular weight excluding hydrogens is 432 g/mol. The van der Waals surface area contributed by atoms with Gasteiger partial charge in [-0.25, -0.2) is 13.6 Å². The second-order valence-corrected chi connectivity index (χ2v) is 7.31. The highest BCUT2D eigenvalue weighted by atomic mass is 19.1. The van der Waals surface area contributed by atoms with E-state index in [1.54, 1.807) is 36.4 Å². The van der Waals surface area contributed by atoms with Crippen LogP contribution in [0.4, 0.5) is 8.78 Å². The number of aliphatic hydroxyl groups excluding tert-OH is 1. The van der Waals surface area contributed by atoms with E-state index in [0.717, 1.165) is 17.7 Å². The van der Waals surface area contributed by atoms with E-state index in [1.165, 1.54) is 12.1 Å². The summed E-state index contributed by atoms with van der Waals surface area (Å²) in [6, 6.07) is 17.4. The van der Waals surface area contributed by atoms with Gasteiger partial charge in [0.2, 0.25) is 0 Å². The van der Waals surface area contributed by atoms with Crippen molar-refractivity contribution in [3.8, 4) is 16.9 Å². The molecule has 0 bridgehead atoms. The molecule has 0 fully saturated rings. The molecule has 0 radical (unpaired) electrons. The predicted molar refractivity (Wildman–Crippen MR) is 118 cm³/mol. The molecule has 4 aromatic rings.